The summed E-state index contributed by atoms with van der Waals surface area (Å²) in [5.74, 6) is 0.643. The molecule has 0 fully saturated rings. The number of aromatic nitrogens is 2. The number of rotatable bonds is 2. The fourth-order valence-corrected chi connectivity index (χ4v) is 0.652. The summed E-state index contributed by atoms with van der Waals surface area (Å²) >= 11 is 0. The normalized spacial score (nSPS) is 9.89. The lowest BCUT2D eigenvalue weighted by molar-refractivity contribution is 0.820. The van der Waals surface area contributed by atoms with E-state index < -0.39 is 0 Å². The van der Waals surface area contributed by atoms with Crippen molar-refractivity contribution in [2.75, 3.05) is 12.8 Å². The molecule has 0 aliphatic heterocycles. The Kier molecular flexibility index (Phi) is 1.69. The minimum absolute atomic E-state index is 0.643. The molecule has 4 N–H and O–H groups in total. The third-order valence-electron chi connectivity index (χ3n) is 1.12. The van der Waals surface area contributed by atoms with Crippen LogP contribution in [0.2, 0.25) is 0 Å². The lowest BCUT2D eigenvalue weighted by Crippen LogP contribution is -2.05. The third kappa shape index (κ3) is 1.20. The quantitative estimate of drug-likeness (QED) is 0.510. The van der Waals surface area contributed by atoms with Crippen LogP contribution < -0.4 is 11.1 Å². The first-order valence-electron chi connectivity index (χ1n) is 2.77. The number of nitrogens with two attached hydrogens (primary N) is 1. The molecule has 9 heavy (non-hydrogen) atoms. The van der Waals surface area contributed by atoms with Crippen molar-refractivity contribution in [3.63, 3.8) is 0 Å². The Morgan fingerprint density at radius 3 is 3.11 bits per heavy atom. The van der Waals surface area contributed by atoms with Crippen molar-refractivity contribution in [2.45, 2.75) is 6.54 Å². The molecule has 4 nitrogen and oxygen atoms in total. The highest BCUT2D eigenvalue weighted by Crippen LogP contribution is 2.03. The number of hydrogen-bond donors (Lipinski definition) is 3. The first kappa shape index (κ1) is 6.10. The Balaban J connectivity index is 2.69. The van der Waals surface area contributed by atoms with Crippen LogP contribution in [0.5, 0.6) is 0 Å². The molecular weight excluding hydrogens is 116 g/mol. The van der Waals surface area contributed by atoms with Gasteiger partial charge in [0.15, 0.2) is 0 Å². The second kappa shape index (κ2) is 2.50. The summed E-state index contributed by atoms with van der Waals surface area (Å²) in [5.41, 5.74) is 6.48. The maximum Gasteiger partial charge on any atom is 0.123 e. The van der Waals surface area contributed by atoms with Crippen molar-refractivity contribution in [3.05, 3.63) is 11.8 Å². The van der Waals surface area contributed by atoms with E-state index in [1.54, 1.807) is 6.20 Å². The Bertz CT molecular complexity index is 181. The predicted octanol–water partition coefficient (Wildman–Crippen LogP) is -0.289. The Morgan fingerprint density at radius 2 is 2.67 bits per heavy atom. The maximum absolute atomic E-state index is 5.47. The van der Waals surface area contributed by atoms with E-state index in [4.69, 9.17) is 5.73 Å². The third-order valence-corrected chi connectivity index (χ3v) is 1.12. The number of hydrogen-bond acceptors (Lipinski definition) is 3. The van der Waals surface area contributed by atoms with E-state index >= 15 is 0 Å². The van der Waals surface area contributed by atoms with E-state index in [0.29, 0.717) is 5.82 Å². The number of anilines is 1. The molecule has 0 unspecified atom stereocenters. The second-order valence-corrected chi connectivity index (χ2v) is 1.84. The zero-order valence-corrected chi connectivity index (χ0v) is 5.31. The van der Waals surface area contributed by atoms with Crippen LogP contribution in [0, 0.1) is 0 Å². The maximum atomic E-state index is 5.47. The molecule has 1 heterocycles. The monoisotopic (exact) mass is 126 g/mol. The summed E-state index contributed by atoms with van der Waals surface area (Å²) in [4.78, 5) is 0. The zero-order valence-electron chi connectivity index (χ0n) is 5.31. The molecule has 50 valence electrons. The summed E-state index contributed by atoms with van der Waals surface area (Å²) in [5, 5.41) is 9.36. The van der Waals surface area contributed by atoms with Gasteiger partial charge in [-0.3, -0.25) is 5.10 Å². The SMILES string of the molecule is CNCc1cn[nH]c1N. The summed E-state index contributed by atoms with van der Waals surface area (Å²) in [7, 11) is 1.87. The molecule has 1 rings (SSSR count). The summed E-state index contributed by atoms with van der Waals surface area (Å²) in [6.07, 6.45) is 1.71. The molecule has 0 aliphatic carbocycles. The van der Waals surface area contributed by atoms with Crippen molar-refractivity contribution in [2.24, 2.45) is 0 Å². The average Bonchev–Trinajstić information content (AvgIpc) is 2.18. The van der Waals surface area contributed by atoms with Gasteiger partial charge in [0.1, 0.15) is 5.82 Å². The number of nitrogens with zero attached hydrogens (tertiary/aromatic N) is 1. The lowest BCUT2D eigenvalue weighted by Gasteiger charge is -1.93. The fraction of sp³-hybridized carbons (Fsp3) is 0.400. The van der Waals surface area contributed by atoms with Crippen LogP contribution >= 0.6 is 0 Å². The van der Waals surface area contributed by atoms with Crippen LogP contribution in [0.3, 0.4) is 0 Å². The van der Waals surface area contributed by atoms with Crippen molar-refractivity contribution in [1.82, 2.24) is 15.5 Å². The van der Waals surface area contributed by atoms with Gasteiger partial charge in [-0.05, 0) is 7.05 Å². The molecule has 0 saturated heterocycles. The standard InChI is InChI=1S/C5H10N4/c1-7-2-4-3-8-9-5(4)6/h3,7H,2H2,1H3,(H3,6,8,9). The molecule has 0 saturated carbocycles. The molecular formula is C5H10N4. The topological polar surface area (TPSA) is 66.7 Å². The van der Waals surface area contributed by atoms with Gasteiger partial charge in [0.25, 0.3) is 0 Å². The Hall–Kier alpha value is -1.03. The van der Waals surface area contributed by atoms with E-state index in [2.05, 4.69) is 15.5 Å². The number of nitrogens with one attached hydrogen (secondary N) is 2. The first-order chi connectivity index (χ1) is 4.34. The van der Waals surface area contributed by atoms with Crippen LogP contribution in [0.1, 0.15) is 5.56 Å². The van der Waals surface area contributed by atoms with Crippen molar-refractivity contribution in [1.29, 1.82) is 0 Å². The summed E-state index contributed by atoms with van der Waals surface area (Å²) < 4.78 is 0. The Morgan fingerprint density at radius 1 is 1.89 bits per heavy atom. The highest BCUT2D eigenvalue weighted by molar-refractivity contribution is 5.36. The van der Waals surface area contributed by atoms with Gasteiger partial charge in [-0.1, -0.05) is 0 Å². The lowest BCUT2D eigenvalue weighted by atomic mass is 10.3. The minimum Gasteiger partial charge on any atom is -0.384 e. The van der Waals surface area contributed by atoms with Gasteiger partial charge in [0.05, 0.1) is 6.20 Å². The van der Waals surface area contributed by atoms with Crippen LogP contribution in [-0.4, -0.2) is 17.2 Å². The largest absolute Gasteiger partial charge is 0.384 e. The van der Waals surface area contributed by atoms with Gasteiger partial charge in [-0.2, -0.15) is 5.10 Å². The van der Waals surface area contributed by atoms with Gasteiger partial charge < -0.3 is 11.1 Å². The summed E-state index contributed by atoms with van der Waals surface area (Å²) in [6, 6.07) is 0. The van der Waals surface area contributed by atoms with Gasteiger partial charge >= 0.3 is 0 Å². The van der Waals surface area contributed by atoms with E-state index in [1.165, 1.54) is 0 Å². The molecule has 1 aromatic heterocycles. The van der Waals surface area contributed by atoms with E-state index in [1.807, 2.05) is 7.05 Å². The van der Waals surface area contributed by atoms with Crippen LogP contribution in [0.4, 0.5) is 5.82 Å². The van der Waals surface area contributed by atoms with Crippen molar-refractivity contribution in [3.8, 4) is 0 Å². The van der Waals surface area contributed by atoms with Gasteiger partial charge in [0, 0.05) is 12.1 Å². The van der Waals surface area contributed by atoms with Crippen molar-refractivity contribution >= 4 is 5.82 Å². The molecule has 0 spiro atoms. The molecule has 4 heteroatoms. The molecule has 0 amide bonds. The molecule has 0 aromatic carbocycles. The predicted molar refractivity (Wildman–Crippen MR) is 35.8 cm³/mol. The summed E-state index contributed by atoms with van der Waals surface area (Å²) in [6.45, 7) is 0.766. The highest BCUT2D eigenvalue weighted by Gasteiger charge is 1.96. The molecule has 0 radical (unpaired) electrons. The van der Waals surface area contributed by atoms with Gasteiger partial charge in [-0.25, -0.2) is 0 Å². The molecule has 0 bridgehead atoms. The van der Waals surface area contributed by atoms with Gasteiger partial charge in [0.2, 0.25) is 0 Å². The van der Waals surface area contributed by atoms with Crippen LogP contribution in [-0.2, 0) is 6.54 Å². The first-order valence-corrected chi connectivity index (χ1v) is 2.77. The fourth-order valence-electron chi connectivity index (χ4n) is 0.652. The number of nitrogen functional groups attached to an aromatic ring is 1. The average molecular weight is 126 g/mol. The number of aromatic amines is 1. The smallest absolute Gasteiger partial charge is 0.123 e. The van der Waals surface area contributed by atoms with Crippen LogP contribution in [0.25, 0.3) is 0 Å². The van der Waals surface area contributed by atoms with Crippen LogP contribution in [0.15, 0.2) is 6.20 Å². The van der Waals surface area contributed by atoms with Crippen molar-refractivity contribution < 1.29 is 0 Å². The zero-order chi connectivity index (χ0) is 6.69. The second-order valence-electron chi connectivity index (χ2n) is 1.84. The minimum atomic E-state index is 0.643. The molecule has 0 atom stereocenters. The number of H-pyrrole nitrogens is 1. The highest BCUT2D eigenvalue weighted by atomic mass is 15.1. The van der Waals surface area contributed by atoms with E-state index in [9.17, 15) is 0 Å². The van der Waals surface area contributed by atoms with Gasteiger partial charge in [-0.15, -0.1) is 0 Å². The van der Waals surface area contributed by atoms with E-state index in [0.717, 1.165) is 12.1 Å². The molecule has 1 aromatic rings. The van der Waals surface area contributed by atoms with E-state index in [-0.39, 0.29) is 0 Å². The Labute approximate surface area is 53.4 Å². The molecule has 0 aliphatic rings.